The molecule has 0 atom stereocenters. The van der Waals surface area contributed by atoms with Crippen LogP contribution < -0.4 is 10.5 Å². The fourth-order valence-electron chi connectivity index (χ4n) is 1.77. The Morgan fingerprint density at radius 1 is 1.30 bits per heavy atom. The van der Waals surface area contributed by atoms with Gasteiger partial charge in [0.2, 0.25) is 10.0 Å². The van der Waals surface area contributed by atoms with Crippen molar-refractivity contribution in [3.63, 3.8) is 0 Å². The standard InChI is InChI=1S/C12H19N3O4S/c1-8-5-9(2)11(6-10(8)15(16)17)20(18,19)14-12(3,4)7-13/h5-6,14H,7,13H2,1-4H3. The van der Waals surface area contributed by atoms with Gasteiger partial charge in [-0.3, -0.25) is 10.1 Å². The molecule has 20 heavy (non-hydrogen) atoms. The number of nitro benzene ring substituents is 1. The number of nitrogens with zero attached hydrogens (tertiary/aromatic N) is 1. The smallest absolute Gasteiger partial charge is 0.273 e. The Bertz CT molecular complexity index is 638. The number of nitro groups is 1. The van der Waals surface area contributed by atoms with Crippen molar-refractivity contribution in [3.05, 3.63) is 33.4 Å². The summed E-state index contributed by atoms with van der Waals surface area (Å²) in [5, 5.41) is 10.9. The van der Waals surface area contributed by atoms with Crippen LogP contribution >= 0.6 is 0 Å². The van der Waals surface area contributed by atoms with E-state index >= 15 is 0 Å². The lowest BCUT2D eigenvalue weighted by atomic mass is 10.1. The van der Waals surface area contributed by atoms with E-state index in [0.717, 1.165) is 6.07 Å². The van der Waals surface area contributed by atoms with E-state index in [4.69, 9.17) is 5.73 Å². The predicted molar refractivity (Wildman–Crippen MR) is 76.0 cm³/mol. The van der Waals surface area contributed by atoms with E-state index < -0.39 is 20.5 Å². The number of rotatable bonds is 5. The maximum absolute atomic E-state index is 12.3. The van der Waals surface area contributed by atoms with Crippen molar-refractivity contribution in [2.24, 2.45) is 5.73 Å². The average Bonchev–Trinajstić information content (AvgIpc) is 2.26. The van der Waals surface area contributed by atoms with E-state index in [0.29, 0.717) is 11.1 Å². The number of benzene rings is 1. The second-order valence-electron chi connectivity index (χ2n) is 5.35. The molecule has 1 rings (SSSR count). The molecule has 0 bridgehead atoms. The Hall–Kier alpha value is -1.51. The summed E-state index contributed by atoms with van der Waals surface area (Å²) in [6, 6.07) is 2.57. The van der Waals surface area contributed by atoms with E-state index in [2.05, 4.69) is 4.72 Å². The van der Waals surface area contributed by atoms with E-state index in [9.17, 15) is 18.5 Å². The summed E-state index contributed by atoms with van der Waals surface area (Å²) in [6.07, 6.45) is 0. The summed E-state index contributed by atoms with van der Waals surface area (Å²) in [6.45, 7) is 6.56. The zero-order valence-electron chi connectivity index (χ0n) is 11.9. The minimum atomic E-state index is -3.87. The third kappa shape index (κ3) is 3.53. The van der Waals surface area contributed by atoms with Crippen LogP contribution in [0.25, 0.3) is 0 Å². The number of hydrogen-bond donors (Lipinski definition) is 2. The van der Waals surface area contributed by atoms with Crippen LogP contribution in [0.5, 0.6) is 0 Å². The zero-order valence-corrected chi connectivity index (χ0v) is 12.7. The molecule has 112 valence electrons. The Kier molecular flexibility index (Phi) is 4.52. The van der Waals surface area contributed by atoms with Crippen LogP contribution in [0.4, 0.5) is 5.69 Å². The molecule has 0 unspecified atom stereocenters. The van der Waals surface area contributed by atoms with Crippen molar-refractivity contribution >= 4 is 15.7 Å². The van der Waals surface area contributed by atoms with E-state index in [1.807, 2.05) is 0 Å². The van der Waals surface area contributed by atoms with Crippen LogP contribution in [-0.4, -0.2) is 25.4 Å². The normalized spacial score (nSPS) is 12.4. The largest absolute Gasteiger partial charge is 0.329 e. The predicted octanol–water partition coefficient (Wildman–Crippen LogP) is 1.23. The Balaban J connectivity index is 3.39. The summed E-state index contributed by atoms with van der Waals surface area (Å²) in [5.41, 5.74) is 5.32. The van der Waals surface area contributed by atoms with Crippen molar-refractivity contribution in [3.8, 4) is 0 Å². The fourth-order valence-corrected chi connectivity index (χ4v) is 3.44. The SMILES string of the molecule is Cc1cc(C)c(S(=O)(=O)NC(C)(C)CN)cc1[N+](=O)[O-]. The summed E-state index contributed by atoms with van der Waals surface area (Å²) in [4.78, 5) is 10.2. The van der Waals surface area contributed by atoms with Crippen LogP contribution in [-0.2, 0) is 10.0 Å². The maximum Gasteiger partial charge on any atom is 0.273 e. The molecular formula is C12H19N3O4S. The van der Waals surface area contributed by atoms with E-state index in [1.165, 1.54) is 6.07 Å². The second kappa shape index (κ2) is 5.47. The quantitative estimate of drug-likeness (QED) is 0.627. The highest BCUT2D eigenvalue weighted by Crippen LogP contribution is 2.26. The minimum absolute atomic E-state index is 0.101. The molecule has 0 spiro atoms. The van der Waals surface area contributed by atoms with Gasteiger partial charge in [0.15, 0.2) is 0 Å². The molecule has 0 heterocycles. The summed E-state index contributed by atoms with van der Waals surface area (Å²) in [5.74, 6) is 0. The average molecular weight is 301 g/mol. The van der Waals surface area contributed by atoms with Gasteiger partial charge in [-0.05, 0) is 39.3 Å². The number of nitrogens with one attached hydrogen (secondary N) is 1. The molecule has 8 heteroatoms. The Labute approximate surface area is 118 Å². The molecule has 0 aliphatic heterocycles. The first-order valence-electron chi connectivity index (χ1n) is 6.00. The second-order valence-corrected chi connectivity index (χ2v) is 7.01. The summed E-state index contributed by atoms with van der Waals surface area (Å²) >= 11 is 0. The highest BCUT2D eigenvalue weighted by Gasteiger charge is 2.28. The summed E-state index contributed by atoms with van der Waals surface area (Å²) in [7, 11) is -3.87. The van der Waals surface area contributed by atoms with Crippen molar-refractivity contribution in [1.29, 1.82) is 0 Å². The van der Waals surface area contributed by atoms with Gasteiger partial charge in [0.25, 0.3) is 5.69 Å². The molecule has 0 fully saturated rings. The molecule has 0 saturated carbocycles. The van der Waals surface area contributed by atoms with Crippen molar-refractivity contribution in [2.45, 2.75) is 38.1 Å². The zero-order chi connectivity index (χ0) is 15.7. The van der Waals surface area contributed by atoms with Crippen molar-refractivity contribution < 1.29 is 13.3 Å². The third-order valence-corrected chi connectivity index (χ3v) is 4.74. The molecular weight excluding hydrogens is 282 g/mol. The van der Waals surface area contributed by atoms with Gasteiger partial charge in [-0.2, -0.15) is 0 Å². The van der Waals surface area contributed by atoms with E-state index in [1.54, 1.807) is 27.7 Å². The van der Waals surface area contributed by atoms with Gasteiger partial charge >= 0.3 is 0 Å². The van der Waals surface area contributed by atoms with Gasteiger partial charge in [-0.15, -0.1) is 0 Å². The van der Waals surface area contributed by atoms with Crippen LogP contribution in [0.1, 0.15) is 25.0 Å². The number of nitrogens with two attached hydrogens (primary N) is 1. The van der Waals surface area contributed by atoms with Gasteiger partial charge in [0.1, 0.15) is 0 Å². The Morgan fingerprint density at radius 2 is 1.85 bits per heavy atom. The highest BCUT2D eigenvalue weighted by molar-refractivity contribution is 7.89. The minimum Gasteiger partial charge on any atom is -0.329 e. The molecule has 1 aromatic rings. The van der Waals surface area contributed by atoms with Crippen LogP contribution in [0.3, 0.4) is 0 Å². The van der Waals surface area contributed by atoms with Crippen LogP contribution in [0, 0.1) is 24.0 Å². The molecule has 0 aliphatic rings. The lowest BCUT2D eigenvalue weighted by molar-refractivity contribution is -0.385. The third-order valence-electron chi connectivity index (χ3n) is 2.90. The molecule has 0 aliphatic carbocycles. The first-order chi connectivity index (χ1) is 9.00. The number of sulfonamides is 1. The molecule has 3 N–H and O–H groups in total. The lowest BCUT2D eigenvalue weighted by Gasteiger charge is -2.24. The van der Waals surface area contributed by atoms with Gasteiger partial charge in [-0.1, -0.05) is 0 Å². The Morgan fingerprint density at radius 3 is 2.30 bits per heavy atom. The first kappa shape index (κ1) is 16.5. The fraction of sp³-hybridized carbons (Fsp3) is 0.500. The molecule has 1 aromatic carbocycles. The monoisotopic (exact) mass is 301 g/mol. The molecule has 7 nitrogen and oxygen atoms in total. The van der Waals surface area contributed by atoms with Gasteiger partial charge in [0, 0.05) is 23.7 Å². The number of aryl methyl sites for hydroxylation is 2. The van der Waals surface area contributed by atoms with Crippen molar-refractivity contribution in [2.75, 3.05) is 6.54 Å². The number of hydrogen-bond acceptors (Lipinski definition) is 5. The summed E-state index contributed by atoms with van der Waals surface area (Å²) < 4.78 is 27.1. The maximum atomic E-state index is 12.3. The lowest BCUT2D eigenvalue weighted by Crippen LogP contribution is -2.48. The van der Waals surface area contributed by atoms with Crippen LogP contribution in [0.2, 0.25) is 0 Å². The van der Waals surface area contributed by atoms with Crippen molar-refractivity contribution in [1.82, 2.24) is 4.72 Å². The first-order valence-corrected chi connectivity index (χ1v) is 7.48. The molecule has 0 saturated heterocycles. The van der Waals surface area contributed by atoms with Gasteiger partial charge in [0.05, 0.1) is 9.82 Å². The highest BCUT2D eigenvalue weighted by atomic mass is 32.2. The van der Waals surface area contributed by atoms with Crippen LogP contribution in [0.15, 0.2) is 17.0 Å². The molecule has 0 radical (unpaired) electrons. The molecule has 0 aromatic heterocycles. The van der Waals surface area contributed by atoms with E-state index in [-0.39, 0.29) is 17.1 Å². The molecule has 0 amide bonds. The van der Waals surface area contributed by atoms with Gasteiger partial charge < -0.3 is 5.73 Å². The topological polar surface area (TPSA) is 115 Å². The van der Waals surface area contributed by atoms with Gasteiger partial charge in [-0.25, -0.2) is 13.1 Å².